The third-order valence-corrected chi connectivity index (χ3v) is 7.75. The van der Waals surface area contributed by atoms with Crippen LogP contribution in [-0.2, 0) is 20.7 Å². The average Bonchev–Trinajstić information content (AvgIpc) is 2.85. The smallest absolute Gasteiger partial charge is 0.224 e. The summed E-state index contributed by atoms with van der Waals surface area (Å²) in [5.74, 6) is 1.18. The van der Waals surface area contributed by atoms with Gasteiger partial charge in [0.25, 0.3) is 0 Å². The van der Waals surface area contributed by atoms with Crippen LogP contribution in [0.3, 0.4) is 0 Å². The lowest BCUT2D eigenvalue weighted by molar-refractivity contribution is -0.137. The Balaban J connectivity index is 3.06. The Labute approximate surface area is 229 Å². The summed E-state index contributed by atoms with van der Waals surface area (Å²) < 4.78 is 16.5. The summed E-state index contributed by atoms with van der Waals surface area (Å²) in [7, 11) is 3.28. The lowest BCUT2D eigenvalue weighted by Gasteiger charge is -2.41. The Morgan fingerprint density at radius 3 is 2.26 bits per heavy atom. The van der Waals surface area contributed by atoms with Crippen LogP contribution in [-0.4, -0.2) is 56.9 Å². The summed E-state index contributed by atoms with van der Waals surface area (Å²) >= 11 is 0. The molecule has 0 aliphatic heterocycles. The minimum atomic E-state index is -1.04. The Morgan fingerprint density at radius 2 is 1.76 bits per heavy atom. The van der Waals surface area contributed by atoms with Crippen LogP contribution in [0.5, 0.6) is 11.5 Å². The van der Waals surface area contributed by atoms with Gasteiger partial charge in [-0.1, -0.05) is 47.6 Å². The zero-order valence-electron chi connectivity index (χ0n) is 24.8. The monoisotopic (exact) mass is 536 g/mol. The second kappa shape index (κ2) is 15.4. The number of aliphatic hydroxyl groups excluding tert-OH is 1. The van der Waals surface area contributed by atoms with E-state index in [1.807, 2.05) is 32.0 Å². The second-order valence-electron chi connectivity index (χ2n) is 12.0. The van der Waals surface area contributed by atoms with Crippen LogP contribution in [0.15, 0.2) is 18.2 Å². The van der Waals surface area contributed by atoms with Gasteiger partial charge in [0, 0.05) is 31.6 Å². The third-order valence-electron chi connectivity index (χ3n) is 7.75. The van der Waals surface area contributed by atoms with E-state index in [1.165, 1.54) is 0 Å². The fraction of sp³-hybridized carbons (Fsp3) is 0.733. The minimum absolute atomic E-state index is 0.116. The minimum Gasteiger partial charge on any atom is -0.493 e. The molecule has 0 spiro atoms. The summed E-state index contributed by atoms with van der Waals surface area (Å²) in [6.45, 7) is 12.8. The predicted octanol–water partition coefficient (Wildman–Crippen LogP) is 4.14. The lowest BCUT2D eigenvalue weighted by Crippen LogP contribution is -2.50. The number of ether oxygens (including phenoxy) is 3. The molecule has 218 valence electrons. The molecule has 0 saturated heterocycles. The molecule has 1 aromatic carbocycles. The first-order valence-electron chi connectivity index (χ1n) is 13.7. The molecule has 0 radical (unpaired) electrons. The maximum Gasteiger partial charge on any atom is 0.224 e. The first-order chi connectivity index (χ1) is 17.7. The van der Waals surface area contributed by atoms with Gasteiger partial charge in [-0.25, -0.2) is 0 Å². The number of benzene rings is 1. The van der Waals surface area contributed by atoms with Crippen LogP contribution in [0.2, 0.25) is 0 Å². The number of methoxy groups -OCH3 is 2. The highest BCUT2D eigenvalue weighted by Gasteiger charge is 2.46. The zero-order chi connectivity index (χ0) is 29.1. The molecule has 0 aliphatic carbocycles. The van der Waals surface area contributed by atoms with Gasteiger partial charge in [-0.2, -0.15) is 0 Å². The van der Waals surface area contributed by atoms with Crippen molar-refractivity contribution in [2.45, 2.75) is 85.8 Å². The van der Waals surface area contributed by atoms with Crippen LogP contribution in [0, 0.1) is 28.6 Å². The number of primary amides is 1. The van der Waals surface area contributed by atoms with Crippen molar-refractivity contribution in [3.05, 3.63) is 23.8 Å². The van der Waals surface area contributed by atoms with E-state index in [4.69, 9.17) is 25.7 Å². The SMILES string of the molecule is COCCCOc1cc(CC(CC(N)C(O)CC(CC(C)(C)C=O)(C(N)=O)C(C)C)C(C)C)ccc1OC. The van der Waals surface area contributed by atoms with E-state index in [0.29, 0.717) is 37.1 Å². The van der Waals surface area contributed by atoms with E-state index in [-0.39, 0.29) is 24.7 Å². The van der Waals surface area contributed by atoms with Gasteiger partial charge >= 0.3 is 0 Å². The standard InChI is InChI=1S/C30H52N2O6/c1-20(2)23(14-22-10-11-26(37-8)27(15-22)38-13-9-12-36-7)16-24(31)25(34)17-30(21(3)4,28(32)35)18-29(5,6)19-33/h10-11,15,19-21,23-25,34H,9,12-14,16-18,31H2,1-8H3,(H2,32,35). The highest BCUT2D eigenvalue weighted by molar-refractivity contribution is 5.82. The molecule has 8 nitrogen and oxygen atoms in total. The molecule has 4 unspecified atom stereocenters. The summed E-state index contributed by atoms with van der Waals surface area (Å²) in [6.07, 6.45) is 2.37. The van der Waals surface area contributed by atoms with E-state index in [1.54, 1.807) is 28.1 Å². The number of amides is 1. The summed E-state index contributed by atoms with van der Waals surface area (Å²) in [6, 6.07) is 5.38. The Hall–Kier alpha value is -2.16. The number of aliphatic hydroxyl groups is 1. The van der Waals surface area contributed by atoms with Gasteiger partial charge in [0.2, 0.25) is 5.91 Å². The molecular weight excluding hydrogens is 484 g/mol. The number of rotatable bonds is 19. The Bertz CT molecular complexity index is 872. The predicted molar refractivity (Wildman–Crippen MR) is 151 cm³/mol. The highest BCUT2D eigenvalue weighted by Crippen LogP contribution is 2.43. The number of nitrogens with two attached hydrogens (primary N) is 2. The molecule has 0 heterocycles. The van der Waals surface area contributed by atoms with Crippen molar-refractivity contribution in [3.63, 3.8) is 0 Å². The number of aldehydes is 1. The van der Waals surface area contributed by atoms with Gasteiger partial charge in [-0.15, -0.1) is 0 Å². The van der Waals surface area contributed by atoms with Gasteiger partial charge in [-0.05, 0) is 61.1 Å². The van der Waals surface area contributed by atoms with Crippen molar-refractivity contribution in [2.24, 2.45) is 40.1 Å². The molecule has 1 amide bonds. The summed E-state index contributed by atoms with van der Waals surface area (Å²) in [4.78, 5) is 24.4. The van der Waals surface area contributed by atoms with E-state index < -0.39 is 28.9 Å². The van der Waals surface area contributed by atoms with Crippen LogP contribution >= 0.6 is 0 Å². The molecule has 0 aliphatic rings. The number of carbonyl (C=O) groups is 2. The van der Waals surface area contributed by atoms with Crippen molar-refractivity contribution in [2.75, 3.05) is 27.4 Å². The maximum absolute atomic E-state index is 12.7. The van der Waals surface area contributed by atoms with Gasteiger partial charge in [0.05, 0.1) is 25.2 Å². The molecule has 1 aromatic rings. The number of carbonyl (C=O) groups excluding carboxylic acids is 2. The van der Waals surface area contributed by atoms with Gasteiger partial charge in [0.1, 0.15) is 6.29 Å². The Morgan fingerprint density at radius 1 is 1.11 bits per heavy atom. The van der Waals surface area contributed by atoms with Crippen molar-refractivity contribution < 1.29 is 28.9 Å². The molecule has 0 aromatic heterocycles. The van der Waals surface area contributed by atoms with Crippen molar-refractivity contribution in [1.82, 2.24) is 0 Å². The van der Waals surface area contributed by atoms with Crippen molar-refractivity contribution in [3.8, 4) is 11.5 Å². The van der Waals surface area contributed by atoms with Crippen molar-refractivity contribution >= 4 is 12.2 Å². The van der Waals surface area contributed by atoms with Crippen molar-refractivity contribution in [1.29, 1.82) is 0 Å². The third kappa shape index (κ3) is 9.86. The number of hydrogen-bond donors (Lipinski definition) is 3. The summed E-state index contributed by atoms with van der Waals surface area (Å²) in [5, 5.41) is 11.2. The molecule has 1 rings (SSSR count). The first kappa shape index (κ1) is 33.9. The van der Waals surface area contributed by atoms with E-state index in [2.05, 4.69) is 13.8 Å². The molecule has 0 fully saturated rings. The van der Waals surface area contributed by atoms with Crippen LogP contribution < -0.4 is 20.9 Å². The van der Waals surface area contributed by atoms with Crippen LogP contribution in [0.1, 0.15) is 72.8 Å². The first-order valence-corrected chi connectivity index (χ1v) is 13.7. The van der Waals surface area contributed by atoms with Gasteiger partial charge < -0.3 is 35.6 Å². The summed E-state index contributed by atoms with van der Waals surface area (Å²) in [5.41, 5.74) is 11.7. The average molecular weight is 537 g/mol. The molecule has 5 N–H and O–H groups in total. The number of hydrogen-bond acceptors (Lipinski definition) is 7. The molecular formula is C30H52N2O6. The topological polar surface area (TPSA) is 134 Å². The van der Waals surface area contributed by atoms with E-state index in [0.717, 1.165) is 24.7 Å². The largest absolute Gasteiger partial charge is 0.493 e. The Kier molecular flexibility index (Phi) is 13.8. The van der Waals surface area contributed by atoms with E-state index in [9.17, 15) is 14.7 Å². The fourth-order valence-corrected chi connectivity index (χ4v) is 5.11. The normalized spacial score (nSPS) is 16.1. The van der Waals surface area contributed by atoms with E-state index >= 15 is 0 Å². The molecule has 38 heavy (non-hydrogen) atoms. The molecule has 0 saturated carbocycles. The van der Waals surface area contributed by atoms with Gasteiger partial charge in [-0.3, -0.25) is 4.79 Å². The molecule has 0 bridgehead atoms. The molecule has 4 atom stereocenters. The fourth-order valence-electron chi connectivity index (χ4n) is 5.11. The maximum atomic E-state index is 12.7. The highest BCUT2D eigenvalue weighted by atomic mass is 16.5. The van der Waals surface area contributed by atoms with Gasteiger partial charge in [0.15, 0.2) is 11.5 Å². The quantitative estimate of drug-likeness (QED) is 0.179. The zero-order valence-corrected chi connectivity index (χ0v) is 24.8. The van der Waals surface area contributed by atoms with Crippen LogP contribution in [0.4, 0.5) is 0 Å². The molecule has 8 heteroatoms. The van der Waals surface area contributed by atoms with Crippen LogP contribution in [0.25, 0.3) is 0 Å². The lowest BCUT2D eigenvalue weighted by atomic mass is 9.63. The second-order valence-corrected chi connectivity index (χ2v) is 12.0.